The van der Waals surface area contributed by atoms with Gasteiger partial charge in [-0.1, -0.05) is 0 Å². The second-order valence-corrected chi connectivity index (χ2v) is 2.36. The van der Waals surface area contributed by atoms with Gasteiger partial charge in [0.05, 0.1) is 6.54 Å². The molecule has 2 radical (unpaired) electrons. The molecule has 0 amide bonds. The van der Waals surface area contributed by atoms with E-state index in [1.807, 2.05) is 0 Å². The Morgan fingerprint density at radius 1 is 1.33 bits per heavy atom. The van der Waals surface area contributed by atoms with E-state index in [1.54, 1.807) is 4.81 Å². The van der Waals surface area contributed by atoms with Crippen molar-refractivity contribution in [2.75, 3.05) is 26.2 Å². The maximum atomic E-state index is 5.58. The van der Waals surface area contributed by atoms with Gasteiger partial charge in [0.2, 0.25) is 7.98 Å². The summed E-state index contributed by atoms with van der Waals surface area (Å²) in [4.78, 5) is 8.15. The number of aliphatic imine (C=N–C) groups is 1. The molecule has 2 aliphatic heterocycles. The molecule has 1 saturated heterocycles. The summed E-state index contributed by atoms with van der Waals surface area (Å²) in [6, 6.07) is 0. The summed E-state index contributed by atoms with van der Waals surface area (Å²) in [5.41, 5.74) is 0. The molecule has 0 aromatic heterocycles. The minimum Gasteiger partial charge on any atom is -0.395 e. The Morgan fingerprint density at radius 2 is 2.22 bits per heavy atom. The lowest BCUT2D eigenvalue weighted by molar-refractivity contribution is 0.502. The smallest absolute Gasteiger partial charge is 0.230 e. The zero-order valence-corrected chi connectivity index (χ0v) is 5.25. The molecule has 2 aliphatic rings. The van der Waals surface area contributed by atoms with Gasteiger partial charge in [0, 0.05) is 19.6 Å². The summed E-state index contributed by atoms with van der Waals surface area (Å²) >= 11 is 0. The van der Waals surface area contributed by atoms with Crippen molar-refractivity contribution < 1.29 is 0 Å². The lowest BCUT2D eigenvalue weighted by Crippen LogP contribution is -2.27. The second-order valence-electron chi connectivity index (χ2n) is 2.36. The SMILES string of the molecule is [B]N1CCN2CCN=C12. The number of fused-ring (bicyclic) bond motifs is 1. The average molecular weight is 121 g/mol. The molecular formula is C5H8BN3. The van der Waals surface area contributed by atoms with E-state index >= 15 is 0 Å². The zero-order valence-electron chi connectivity index (χ0n) is 5.25. The molecule has 3 nitrogen and oxygen atoms in total. The van der Waals surface area contributed by atoms with Crippen molar-refractivity contribution in [2.45, 2.75) is 0 Å². The number of nitrogens with zero attached hydrogens (tertiary/aromatic N) is 3. The highest BCUT2D eigenvalue weighted by atomic mass is 15.4. The van der Waals surface area contributed by atoms with E-state index in [2.05, 4.69) is 9.89 Å². The van der Waals surface area contributed by atoms with Gasteiger partial charge in [-0.15, -0.1) is 0 Å². The monoisotopic (exact) mass is 121 g/mol. The molecule has 0 spiro atoms. The van der Waals surface area contributed by atoms with E-state index in [0.29, 0.717) is 0 Å². The molecule has 0 bridgehead atoms. The minimum absolute atomic E-state index is 0.920. The first-order chi connectivity index (χ1) is 4.38. The number of rotatable bonds is 0. The first-order valence-corrected chi connectivity index (χ1v) is 3.19. The molecule has 4 heteroatoms. The van der Waals surface area contributed by atoms with Gasteiger partial charge < -0.3 is 9.71 Å². The molecule has 0 N–H and O–H groups in total. The fraction of sp³-hybridized carbons (Fsp3) is 0.800. The van der Waals surface area contributed by atoms with Crippen LogP contribution in [0.5, 0.6) is 0 Å². The van der Waals surface area contributed by atoms with Crippen molar-refractivity contribution in [3.05, 3.63) is 0 Å². The Hall–Kier alpha value is -0.665. The van der Waals surface area contributed by atoms with Crippen LogP contribution in [0.3, 0.4) is 0 Å². The van der Waals surface area contributed by atoms with E-state index in [1.165, 1.54) is 0 Å². The van der Waals surface area contributed by atoms with Gasteiger partial charge in [-0.2, -0.15) is 0 Å². The predicted molar refractivity (Wildman–Crippen MR) is 36.3 cm³/mol. The van der Waals surface area contributed by atoms with E-state index in [4.69, 9.17) is 7.98 Å². The molecule has 0 saturated carbocycles. The van der Waals surface area contributed by atoms with Crippen LogP contribution in [0.15, 0.2) is 4.99 Å². The molecule has 9 heavy (non-hydrogen) atoms. The van der Waals surface area contributed by atoms with Gasteiger partial charge in [0.1, 0.15) is 0 Å². The first kappa shape index (κ1) is 5.15. The van der Waals surface area contributed by atoms with E-state index in [0.717, 1.165) is 32.1 Å². The van der Waals surface area contributed by atoms with Crippen molar-refractivity contribution in [1.29, 1.82) is 0 Å². The molecule has 0 aromatic rings. The highest BCUT2D eigenvalue weighted by Crippen LogP contribution is 2.09. The summed E-state index contributed by atoms with van der Waals surface area (Å²) in [6.07, 6.45) is 0. The molecule has 0 aromatic carbocycles. The van der Waals surface area contributed by atoms with Crippen LogP contribution in [-0.4, -0.2) is 49.8 Å². The van der Waals surface area contributed by atoms with Crippen LogP contribution < -0.4 is 0 Å². The van der Waals surface area contributed by atoms with Crippen molar-refractivity contribution in [1.82, 2.24) is 9.71 Å². The zero-order chi connectivity index (χ0) is 6.27. The molecule has 2 heterocycles. The molecule has 46 valence electrons. The molecule has 0 unspecified atom stereocenters. The normalized spacial score (nSPS) is 24.7. The topological polar surface area (TPSA) is 18.8 Å². The van der Waals surface area contributed by atoms with E-state index < -0.39 is 0 Å². The average Bonchev–Trinajstić information content (AvgIpc) is 2.35. The number of hydrogen-bond acceptors (Lipinski definition) is 3. The van der Waals surface area contributed by atoms with E-state index in [-0.39, 0.29) is 0 Å². The van der Waals surface area contributed by atoms with Crippen molar-refractivity contribution in [3.8, 4) is 0 Å². The predicted octanol–water partition coefficient (Wildman–Crippen LogP) is -0.943. The molecule has 1 fully saturated rings. The fourth-order valence-electron chi connectivity index (χ4n) is 1.28. The summed E-state index contributed by atoms with van der Waals surface area (Å²) in [5.74, 6) is 0.981. The van der Waals surface area contributed by atoms with Crippen LogP contribution >= 0.6 is 0 Å². The Bertz CT molecular complexity index is 156. The Labute approximate surface area is 55.8 Å². The number of hydrogen-bond donors (Lipinski definition) is 0. The highest BCUT2D eigenvalue weighted by molar-refractivity contribution is 6.15. The van der Waals surface area contributed by atoms with Crippen LogP contribution in [-0.2, 0) is 0 Å². The van der Waals surface area contributed by atoms with Gasteiger partial charge in [-0.3, -0.25) is 4.99 Å². The fourth-order valence-corrected chi connectivity index (χ4v) is 1.28. The Kier molecular flexibility index (Phi) is 0.947. The number of guanidine groups is 1. The summed E-state index contributed by atoms with van der Waals surface area (Å²) in [6.45, 7) is 3.96. The van der Waals surface area contributed by atoms with Crippen LogP contribution in [0.25, 0.3) is 0 Å². The maximum absolute atomic E-state index is 5.58. The lowest BCUT2D eigenvalue weighted by Gasteiger charge is -2.12. The molecule has 0 atom stereocenters. The van der Waals surface area contributed by atoms with Crippen LogP contribution in [0.1, 0.15) is 0 Å². The van der Waals surface area contributed by atoms with Crippen LogP contribution in [0.2, 0.25) is 0 Å². The van der Waals surface area contributed by atoms with E-state index in [9.17, 15) is 0 Å². The van der Waals surface area contributed by atoms with Crippen LogP contribution in [0.4, 0.5) is 0 Å². The van der Waals surface area contributed by atoms with Crippen molar-refractivity contribution >= 4 is 13.9 Å². The van der Waals surface area contributed by atoms with Crippen molar-refractivity contribution in [3.63, 3.8) is 0 Å². The maximum Gasteiger partial charge on any atom is 0.230 e. The van der Waals surface area contributed by atoms with Gasteiger partial charge in [0.25, 0.3) is 0 Å². The largest absolute Gasteiger partial charge is 0.395 e. The first-order valence-electron chi connectivity index (χ1n) is 3.19. The molecule has 0 aliphatic carbocycles. The second kappa shape index (κ2) is 1.66. The Balaban J connectivity index is 2.22. The Morgan fingerprint density at radius 3 is 3.00 bits per heavy atom. The third-order valence-corrected chi connectivity index (χ3v) is 1.77. The highest BCUT2D eigenvalue weighted by Gasteiger charge is 2.25. The lowest BCUT2D eigenvalue weighted by atomic mass is 10.3. The third-order valence-electron chi connectivity index (χ3n) is 1.77. The van der Waals surface area contributed by atoms with Gasteiger partial charge in [0.15, 0.2) is 5.96 Å². The quantitative estimate of drug-likeness (QED) is 0.385. The van der Waals surface area contributed by atoms with Gasteiger partial charge in [-0.25, -0.2) is 0 Å². The minimum atomic E-state index is 0.920. The van der Waals surface area contributed by atoms with Crippen molar-refractivity contribution in [2.24, 2.45) is 4.99 Å². The third kappa shape index (κ3) is 0.621. The molecular weight excluding hydrogens is 113 g/mol. The van der Waals surface area contributed by atoms with Crippen LogP contribution in [0, 0.1) is 0 Å². The standard InChI is InChI=1S/C5H8BN3/c6-9-4-3-8-2-1-7-5(8)9/h1-4H2. The summed E-state index contributed by atoms with van der Waals surface area (Å²) < 4.78 is 0. The summed E-state index contributed by atoms with van der Waals surface area (Å²) in [7, 11) is 5.58. The van der Waals surface area contributed by atoms with Gasteiger partial charge in [-0.05, 0) is 0 Å². The van der Waals surface area contributed by atoms with Gasteiger partial charge >= 0.3 is 0 Å². The summed E-state index contributed by atoms with van der Waals surface area (Å²) in [5, 5.41) is 0. The molecule has 2 rings (SSSR count).